The maximum atomic E-state index is 13.2. The highest BCUT2D eigenvalue weighted by Gasteiger charge is 2.28. The first-order valence-electron chi connectivity index (χ1n) is 9.96. The SMILES string of the molecule is O=C(N[C@@H]1CCN(Cc2ccccc2)C1)C(c1ccccc1)c1ccccc1. The van der Waals surface area contributed by atoms with Gasteiger partial charge in [0.05, 0.1) is 5.92 Å². The summed E-state index contributed by atoms with van der Waals surface area (Å²) in [6.45, 7) is 2.85. The summed E-state index contributed by atoms with van der Waals surface area (Å²) in [7, 11) is 0. The van der Waals surface area contributed by atoms with E-state index in [1.54, 1.807) is 0 Å². The highest BCUT2D eigenvalue weighted by Crippen LogP contribution is 2.25. The number of amides is 1. The number of rotatable bonds is 6. The van der Waals surface area contributed by atoms with Gasteiger partial charge in [0.15, 0.2) is 0 Å². The van der Waals surface area contributed by atoms with E-state index in [2.05, 4.69) is 34.5 Å². The third-order valence-corrected chi connectivity index (χ3v) is 5.40. The Balaban J connectivity index is 1.44. The Morgan fingerprint density at radius 1 is 0.857 bits per heavy atom. The fourth-order valence-electron chi connectivity index (χ4n) is 4.01. The molecule has 3 nitrogen and oxygen atoms in total. The normalized spacial score (nSPS) is 17.0. The van der Waals surface area contributed by atoms with Gasteiger partial charge in [0.2, 0.25) is 5.91 Å². The molecule has 1 atom stereocenters. The Labute approximate surface area is 167 Å². The summed E-state index contributed by atoms with van der Waals surface area (Å²) in [5, 5.41) is 3.31. The maximum absolute atomic E-state index is 13.2. The Kier molecular flexibility index (Phi) is 5.83. The molecule has 28 heavy (non-hydrogen) atoms. The second-order valence-corrected chi connectivity index (χ2v) is 7.47. The van der Waals surface area contributed by atoms with Crippen molar-refractivity contribution < 1.29 is 4.79 Å². The van der Waals surface area contributed by atoms with Gasteiger partial charge >= 0.3 is 0 Å². The first kappa shape index (κ1) is 18.5. The second-order valence-electron chi connectivity index (χ2n) is 7.47. The minimum Gasteiger partial charge on any atom is -0.351 e. The lowest BCUT2D eigenvalue weighted by Gasteiger charge is -2.21. The van der Waals surface area contributed by atoms with Gasteiger partial charge in [-0.25, -0.2) is 0 Å². The number of carbonyl (C=O) groups excluding carboxylic acids is 1. The molecular formula is C25H26N2O. The van der Waals surface area contributed by atoms with Crippen LogP contribution >= 0.6 is 0 Å². The summed E-state index contributed by atoms with van der Waals surface area (Å²) in [5.74, 6) is -0.186. The van der Waals surface area contributed by atoms with Gasteiger partial charge in [-0.05, 0) is 23.1 Å². The van der Waals surface area contributed by atoms with Crippen LogP contribution in [0, 0.1) is 0 Å². The molecule has 1 heterocycles. The molecule has 1 fully saturated rings. The van der Waals surface area contributed by atoms with Crippen molar-refractivity contribution in [2.75, 3.05) is 13.1 Å². The molecule has 1 amide bonds. The van der Waals surface area contributed by atoms with Crippen molar-refractivity contribution in [1.29, 1.82) is 0 Å². The number of hydrogen-bond donors (Lipinski definition) is 1. The van der Waals surface area contributed by atoms with Crippen LogP contribution in [-0.4, -0.2) is 29.9 Å². The molecular weight excluding hydrogens is 344 g/mol. The molecule has 1 N–H and O–H groups in total. The van der Waals surface area contributed by atoms with Crippen molar-refractivity contribution in [2.45, 2.75) is 24.9 Å². The van der Waals surface area contributed by atoms with Gasteiger partial charge in [-0.2, -0.15) is 0 Å². The Bertz CT molecular complexity index is 841. The Morgan fingerprint density at radius 2 is 1.39 bits per heavy atom. The Morgan fingerprint density at radius 3 is 1.96 bits per heavy atom. The van der Waals surface area contributed by atoms with E-state index in [-0.39, 0.29) is 17.9 Å². The predicted molar refractivity (Wildman–Crippen MR) is 113 cm³/mol. The van der Waals surface area contributed by atoms with Crippen molar-refractivity contribution in [3.8, 4) is 0 Å². The summed E-state index contributed by atoms with van der Waals surface area (Å²) in [4.78, 5) is 15.7. The van der Waals surface area contributed by atoms with Crippen molar-refractivity contribution in [3.05, 3.63) is 108 Å². The van der Waals surface area contributed by atoms with E-state index in [9.17, 15) is 4.79 Å². The van der Waals surface area contributed by atoms with Gasteiger partial charge in [0, 0.05) is 25.7 Å². The topological polar surface area (TPSA) is 32.3 Å². The minimum absolute atomic E-state index is 0.0870. The first-order valence-corrected chi connectivity index (χ1v) is 9.96. The van der Waals surface area contributed by atoms with Gasteiger partial charge < -0.3 is 5.32 Å². The van der Waals surface area contributed by atoms with Crippen molar-refractivity contribution in [2.24, 2.45) is 0 Å². The standard InChI is InChI=1S/C25H26N2O/c28-25(24(21-12-6-2-7-13-21)22-14-8-3-9-15-22)26-23-16-17-27(19-23)18-20-10-4-1-5-11-20/h1-15,23-24H,16-19H2,(H,26,28)/t23-/m1/s1. The molecule has 0 saturated carbocycles. The number of nitrogens with one attached hydrogen (secondary N) is 1. The van der Waals surface area contributed by atoms with Crippen LogP contribution in [0.25, 0.3) is 0 Å². The van der Waals surface area contributed by atoms with Crippen LogP contribution < -0.4 is 5.32 Å². The lowest BCUT2D eigenvalue weighted by molar-refractivity contribution is -0.122. The quantitative estimate of drug-likeness (QED) is 0.705. The van der Waals surface area contributed by atoms with Crippen LogP contribution in [0.4, 0.5) is 0 Å². The van der Waals surface area contributed by atoms with Crippen molar-refractivity contribution in [3.63, 3.8) is 0 Å². The fraction of sp³-hybridized carbons (Fsp3) is 0.240. The van der Waals surface area contributed by atoms with Crippen LogP contribution in [0.5, 0.6) is 0 Å². The van der Waals surface area contributed by atoms with E-state index in [1.165, 1.54) is 5.56 Å². The third-order valence-electron chi connectivity index (χ3n) is 5.40. The summed E-state index contributed by atoms with van der Waals surface area (Å²) in [6.07, 6.45) is 0.995. The van der Waals surface area contributed by atoms with E-state index in [4.69, 9.17) is 0 Å². The summed E-state index contributed by atoms with van der Waals surface area (Å²) in [5.41, 5.74) is 3.39. The fourth-order valence-corrected chi connectivity index (χ4v) is 4.01. The number of carbonyl (C=O) groups is 1. The van der Waals surface area contributed by atoms with Gasteiger partial charge in [0.1, 0.15) is 0 Å². The zero-order valence-electron chi connectivity index (χ0n) is 16.0. The van der Waals surface area contributed by atoms with Crippen LogP contribution in [0.15, 0.2) is 91.0 Å². The van der Waals surface area contributed by atoms with Crippen molar-refractivity contribution in [1.82, 2.24) is 10.2 Å². The molecule has 4 rings (SSSR count). The monoisotopic (exact) mass is 370 g/mol. The number of benzene rings is 3. The average Bonchev–Trinajstić information content (AvgIpc) is 3.17. The van der Waals surface area contributed by atoms with Gasteiger partial charge in [-0.1, -0.05) is 91.0 Å². The van der Waals surface area contributed by atoms with E-state index in [0.29, 0.717) is 0 Å². The zero-order valence-corrected chi connectivity index (χ0v) is 16.0. The molecule has 3 aromatic rings. The zero-order chi connectivity index (χ0) is 19.2. The molecule has 1 aliphatic rings. The molecule has 3 aromatic carbocycles. The summed E-state index contributed by atoms with van der Waals surface area (Å²) < 4.78 is 0. The molecule has 0 aromatic heterocycles. The van der Waals surface area contributed by atoms with Gasteiger partial charge in [0.25, 0.3) is 0 Å². The van der Waals surface area contributed by atoms with Crippen LogP contribution in [0.2, 0.25) is 0 Å². The van der Waals surface area contributed by atoms with E-state index in [0.717, 1.165) is 37.2 Å². The molecule has 0 aliphatic carbocycles. The molecule has 0 unspecified atom stereocenters. The van der Waals surface area contributed by atoms with Crippen molar-refractivity contribution >= 4 is 5.91 Å². The molecule has 0 radical (unpaired) electrons. The average molecular weight is 370 g/mol. The predicted octanol–water partition coefficient (Wildman–Crippen LogP) is 4.21. The molecule has 1 saturated heterocycles. The van der Waals surface area contributed by atoms with E-state index < -0.39 is 0 Å². The lowest BCUT2D eigenvalue weighted by atomic mass is 9.90. The van der Waals surface area contributed by atoms with Crippen LogP contribution in [-0.2, 0) is 11.3 Å². The minimum atomic E-state index is -0.273. The molecule has 3 heteroatoms. The lowest BCUT2D eigenvalue weighted by Crippen LogP contribution is -2.40. The number of nitrogens with zero attached hydrogens (tertiary/aromatic N) is 1. The summed E-state index contributed by atoms with van der Waals surface area (Å²) >= 11 is 0. The third kappa shape index (κ3) is 4.49. The van der Waals surface area contributed by atoms with Gasteiger partial charge in [-0.3, -0.25) is 9.69 Å². The first-order chi connectivity index (χ1) is 13.8. The molecule has 1 aliphatic heterocycles. The Hall–Kier alpha value is -2.91. The largest absolute Gasteiger partial charge is 0.351 e. The second kappa shape index (κ2) is 8.85. The molecule has 0 bridgehead atoms. The van der Waals surface area contributed by atoms with E-state index in [1.807, 2.05) is 66.7 Å². The van der Waals surface area contributed by atoms with Gasteiger partial charge in [-0.15, -0.1) is 0 Å². The number of likely N-dealkylation sites (tertiary alicyclic amines) is 1. The highest BCUT2D eigenvalue weighted by atomic mass is 16.2. The van der Waals surface area contributed by atoms with E-state index >= 15 is 0 Å². The highest BCUT2D eigenvalue weighted by molar-refractivity contribution is 5.87. The molecule has 142 valence electrons. The van der Waals surface area contributed by atoms with Crippen LogP contribution in [0.1, 0.15) is 29.0 Å². The molecule has 0 spiro atoms. The van der Waals surface area contributed by atoms with Crippen LogP contribution in [0.3, 0.4) is 0 Å². The summed E-state index contributed by atoms with van der Waals surface area (Å²) in [6, 6.07) is 30.8. The smallest absolute Gasteiger partial charge is 0.232 e. The maximum Gasteiger partial charge on any atom is 0.232 e. The number of hydrogen-bond acceptors (Lipinski definition) is 2.